The zero-order valence-electron chi connectivity index (χ0n) is 15.5. The van der Waals surface area contributed by atoms with E-state index in [1.54, 1.807) is 25.4 Å². The molecule has 3 aromatic rings. The number of benzene rings is 1. The maximum Gasteiger partial charge on any atom is 0.259 e. The molecule has 4 rings (SSSR count). The predicted molar refractivity (Wildman–Crippen MR) is 105 cm³/mol. The number of likely N-dealkylation sites (tertiary alicyclic amines) is 1. The van der Waals surface area contributed by atoms with Crippen LogP contribution in [0.1, 0.15) is 28.8 Å². The van der Waals surface area contributed by atoms with Crippen molar-refractivity contribution in [2.75, 3.05) is 20.2 Å². The van der Waals surface area contributed by atoms with Crippen LogP contribution in [0.15, 0.2) is 54.9 Å². The second-order valence-electron chi connectivity index (χ2n) is 7.01. The standard InChI is InChI=1S/C22H23N3O2/c1-27-21-19(8-4-11-24-21)22(26)25-13-5-6-16(15-25)14-17-10-12-23-20-9-3-2-7-18(17)20/h2-4,7-12,16H,5-6,13-15H2,1H3/t16-/m0/s1. The molecule has 1 aliphatic rings. The maximum atomic E-state index is 13.0. The Labute approximate surface area is 159 Å². The molecule has 1 aromatic carbocycles. The lowest BCUT2D eigenvalue weighted by atomic mass is 9.90. The molecule has 1 amide bonds. The molecule has 1 atom stereocenters. The molecule has 0 unspecified atom stereocenters. The summed E-state index contributed by atoms with van der Waals surface area (Å²) in [5.41, 5.74) is 2.87. The molecule has 1 aliphatic heterocycles. The van der Waals surface area contributed by atoms with Crippen LogP contribution >= 0.6 is 0 Å². The zero-order valence-corrected chi connectivity index (χ0v) is 15.5. The lowest BCUT2D eigenvalue weighted by Gasteiger charge is -2.33. The molecule has 2 aromatic heterocycles. The van der Waals surface area contributed by atoms with Gasteiger partial charge in [-0.3, -0.25) is 9.78 Å². The molecule has 0 radical (unpaired) electrons. The molecular weight excluding hydrogens is 338 g/mol. The van der Waals surface area contributed by atoms with Crippen LogP contribution in [0.3, 0.4) is 0 Å². The first-order chi connectivity index (χ1) is 13.3. The van der Waals surface area contributed by atoms with Gasteiger partial charge in [0.1, 0.15) is 5.56 Å². The number of ether oxygens (including phenoxy) is 1. The largest absolute Gasteiger partial charge is 0.480 e. The van der Waals surface area contributed by atoms with Crippen molar-refractivity contribution in [3.63, 3.8) is 0 Å². The van der Waals surface area contributed by atoms with Gasteiger partial charge in [0, 0.05) is 30.9 Å². The Balaban J connectivity index is 1.52. The molecule has 0 N–H and O–H groups in total. The molecular formula is C22H23N3O2. The monoisotopic (exact) mass is 361 g/mol. The minimum absolute atomic E-state index is 0.00392. The number of carbonyl (C=O) groups is 1. The first-order valence-corrected chi connectivity index (χ1v) is 9.37. The molecule has 1 fully saturated rings. The van der Waals surface area contributed by atoms with Gasteiger partial charge in [-0.15, -0.1) is 0 Å². The van der Waals surface area contributed by atoms with Crippen LogP contribution in [0.25, 0.3) is 10.9 Å². The van der Waals surface area contributed by atoms with Crippen molar-refractivity contribution < 1.29 is 9.53 Å². The minimum Gasteiger partial charge on any atom is -0.480 e. The van der Waals surface area contributed by atoms with Gasteiger partial charge in [-0.05, 0) is 55.0 Å². The van der Waals surface area contributed by atoms with Crippen molar-refractivity contribution in [2.45, 2.75) is 19.3 Å². The Hall–Kier alpha value is -2.95. The number of fused-ring (bicyclic) bond motifs is 1. The lowest BCUT2D eigenvalue weighted by molar-refractivity contribution is 0.0669. The summed E-state index contributed by atoms with van der Waals surface area (Å²) in [7, 11) is 1.55. The average Bonchev–Trinajstić information content (AvgIpc) is 2.73. The molecule has 0 bridgehead atoms. The van der Waals surface area contributed by atoms with E-state index in [0.29, 0.717) is 17.4 Å². The number of amides is 1. The van der Waals surface area contributed by atoms with E-state index in [1.165, 1.54) is 10.9 Å². The number of piperidine rings is 1. The summed E-state index contributed by atoms with van der Waals surface area (Å²) in [6.45, 7) is 1.54. The Bertz CT molecular complexity index is 952. The van der Waals surface area contributed by atoms with E-state index in [0.717, 1.165) is 37.9 Å². The van der Waals surface area contributed by atoms with Crippen molar-refractivity contribution >= 4 is 16.8 Å². The summed E-state index contributed by atoms with van der Waals surface area (Å²) in [6.07, 6.45) is 6.62. The van der Waals surface area contributed by atoms with Crippen LogP contribution in [0.4, 0.5) is 0 Å². The van der Waals surface area contributed by atoms with Crippen molar-refractivity contribution in [2.24, 2.45) is 5.92 Å². The number of hydrogen-bond donors (Lipinski definition) is 0. The SMILES string of the molecule is COc1ncccc1C(=O)N1CCC[C@@H](Cc2ccnc3ccccc23)C1. The van der Waals surface area contributed by atoms with E-state index in [4.69, 9.17) is 4.74 Å². The molecule has 5 heteroatoms. The van der Waals surface area contributed by atoms with E-state index in [2.05, 4.69) is 28.2 Å². The second kappa shape index (κ2) is 7.74. The zero-order chi connectivity index (χ0) is 18.6. The Kier molecular flexibility index (Phi) is 5.01. The first kappa shape index (κ1) is 17.5. The van der Waals surface area contributed by atoms with E-state index in [9.17, 15) is 4.79 Å². The highest BCUT2D eigenvalue weighted by Gasteiger charge is 2.27. The predicted octanol–water partition coefficient (Wildman–Crippen LogP) is 3.73. The van der Waals surface area contributed by atoms with Gasteiger partial charge in [0.05, 0.1) is 12.6 Å². The van der Waals surface area contributed by atoms with Gasteiger partial charge in [0.2, 0.25) is 5.88 Å². The second-order valence-corrected chi connectivity index (χ2v) is 7.01. The van der Waals surface area contributed by atoms with Crippen molar-refractivity contribution in [1.82, 2.24) is 14.9 Å². The van der Waals surface area contributed by atoms with Gasteiger partial charge in [-0.1, -0.05) is 18.2 Å². The number of pyridine rings is 2. The summed E-state index contributed by atoms with van der Waals surface area (Å²) in [4.78, 5) is 23.5. The van der Waals surface area contributed by atoms with E-state index in [-0.39, 0.29) is 5.91 Å². The van der Waals surface area contributed by atoms with Gasteiger partial charge < -0.3 is 9.64 Å². The van der Waals surface area contributed by atoms with Crippen LogP contribution in [-0.4, -0.2) is 41.0 Å². The summed E-state index contributed by atoms with van der Waals surface area (Å²) in [5, 5.41) is 1.21. The molecule has 0 aliphatic carbocycles. The number of methoxy groups -OCH3 is 1. The maximum absolute atomic E-state index is 13.0. The minimum atomic E-state index is 0.00392. The van der Waals surface area contributed by atoms with Crippen molar-refractivity contribution in [1.29, 1.82) is 0 Å². The quantitative estimate of drug-likeness (QED) is 0.710. The highest BCUT2D eigenvalue weighted by Crippen LogP contribution is 2.26. The molecule has 3 heterocycles. The Morgan fingerprint density at radius 2 is 2.04 bits per heavy atom. The van der Waals surface area contributed by atoms with Crippen LogP contribution in [0.5, 0.6) is 5.88 Å². The van der Waals surface area contributed by atoms with Crippen LogP contribution in [0, 0.1) is 5.92 Å². The number of aromatic nitrogens is 2. The molecule has 138 valence electrons. The summed E-state index contributed by atoms with van der Waals surface area (Å²) in [6, 6.07) is 13.9. The van der Waals surface area contributed by atoms with E-state index < -0.39 is 0 Å². The average molecular weight is 361 g/mol. The number of hydrogen-bond acceptors (Lipinski definition) is 4. The fourth-order valence-electron chi connectivity index (χ4n) is 3.95. The fourth-order valence-corrected chi connectivity index (χ4v) is 3.95. The fraction of sp³-hybridized carbons (Fsp3) is 0.318. The topological polar surface area (TPSA) is 55.3 Å². The normalized spacial score (nSPS) is 17.1. The number of nitrogens with zero attached hydrogens (tertiary/aromatic N) is 3. The van der Waals surface area contributed by atoms with Gasteiger partial charge >= 0.3 is 0 Å². The number of rotatable bonds is 4. The van der Waals surface area contributed by atoms with Crippen molar-refractivity contribution in [3.8, 4) is 5.88 Å². The Morgan fingerprint density at radius 3 is 2.93 bits per heavy atom. The van der Waals surface area contributed by atoms with Crippen LogP contribution in [0.2, 0.25) is 0 Å². The van der Waals surface area contributed by atoms with E-state index >= 15 is 0 Å². The molecule has 0 saturated carbocycles. The van der Waals surface area contributed by atoms with Crippen LogP contribution < -0.4 is 4.74 Å². The first-order valence-electron chi connectivity index (χ1n) is 9.37. The molecule has 0 spiro atoms. The molecule has 1 saturated heterocycles. The highest BCUT2D eigenvalue weighted by molar-refractivity contribution is 5.96. The van der Waals surface area contributed by atoms with Crippen molar-refractivity contribution in [3.05, 3.63) is 66.0 Å². The van der Waals surface area contributed by atoms with Gasteiger partial charge in [-0.25, -0.2) is 4.98 Å². The third-order valence-electron chi connectivity index (χ3n) is 5.25. The third kappa shape index (κ3) is 3.63. The van der Waals surface area contributed by atoms with Gasteiger partial charge in [0.15, 0.2) is 0 Å². The summed E-state index contributed by atoms with van der Waals surface area (Å²) >= 11 is 0. The van der Waals surface area contributed by atoms with Gasteiger partial charge in [-0.2, -0.15) is 0 Å². The highest BCUT2D eigenvalue weighted by atomic mass is 16.5. The van der Waals surface area contributed by atoms with Crippen LogP contribution in [-0.2, 0) is 6.42 Å². The molecule has 27 heavy (non-hydrogen) atoms. The molecule has 5 nitrogen and oxygen atoms in total. The smallest absolute Gasteiger partial charge is 0.259 e. The Morgan fingerprint density at radius 1 is 1.15 bits per heavy atom. The summed E-state index contributed by atoms with van der Waals surface area (Å²) < 4.78 is 5.26. The number of carbonyl (C=O) groups excluding carboxylic acids is 1. The summed E-state index contributed by atoms with van der Waals surface area (Å²) in [5.74, 6) is 0.838. The number of para-hydroxylation sites is 1. The van der Waals surface area contributed by atoms with E-state index in [1.807, 2.05) is 23.2 Å². The van der Waals surface area contributed by atoms with Gasteiger partial charge in [0.25, 0.3) is 5.91 Å². The third-order valence-corrected chi connectivity index (χ3v) is 5.25. The lowest BCUT2D eigenvalue weighted by Crippen LogP contribution is -2.40.